The molecule has 1 aliphatic heterocycles. The van der Waals surface area contributed by atoms with E-state index in [2.05, 4.69) is 39.3 Å². The third-order valence-electron chi connectivity index (χ3n) is 5.86. The molecule has 1 fully saturated rings. The lowest BCUT2D eigenvalue weighted by Crippen LogP contribution is -2.44. The van der Waals surface area contributed by atoms with Crippen LogP contribution in [0.4, 0.5) is 17.3 Å². The predicted molar refractivity (Wildman–Crippen MR) is 137 cm³/mol. The molecular formula is C25H28N6O2S. The minimum atomic E-state index is 0.0285. The first-order valence-electron chi connectivity index (χ1n) is 11.4. The molecule has 3 aromatic heterocycles. The Kier molecular flexibility index (Phi) is 6.21. The normalized spacial score (nSPS) is 14.6. The van der Waals surface area contributed by atoms with Crippen molar-refractivity contribution < 1.29 is 9.47 Å². The van der Waals surface area contributed by atoms with Crippen LogP contribution in [-0.4, -0.2) is 54.2 Å². The summed E-state index contributed by atoms with van der Waals surface area (Å²) in [5.74, 6) is 1.22. The number of piperazine rings is 1. The Hall–Kier alpha value is -3.43. The molecule has 8 nitrogen and oxygen atoms in total. The zero-order chi connectivity index (χ0) is 23.7. The predicted octanol–water partition coefficient (Wildman–Crippen LogP) is 4.27. The Balaban J connectivity index is 1.46. The SMILES string of the molecule is CC(C)Oc1cc(N2CCN(C)CC2)ccc1Nc1ncc2scc(-c3cccc[n+]3[O-])c2n1. The van der Waals surface area contributed by atoms with E-state index in [1.54, 1.807) is 18.3 Å². The molecule has 1 saturated heterocycles. The first-order chi connectivity index (χ1) is 16.5. The van der Waals surface area contributed by atoms with Crippen LogP contribution in [0, 0.1) is 5.21 Å². The zero-order valence-corrected chi connectivity index (χ0v) is 20.4. The fourth-order valence-corrected chi connectivity index (χ4v) is 4.91. The van der Waals surface area contributed by atoms with Crippen LogP contribution in [0.15, 0.2) is 54.2 Å². The summed E-state index contributed by atoms with van der Waals surface area (Å²) in [6.07, 6.45) is 3.32. The van der Waals surface area contributed by atoms with Crippen molar-refractivity contribution >= 4 is 38.9 Å². The van der Waals surface area contributed by atoms with Gasteiger partial charge in [-0.3, -0.25) is 0 Å². The Morgan fingerprint density at radius 2 is 1.97 bits per heavy atom. The molecule has 0 amide bonds. The van der Waals surface area contributed by atoms with Crippen LogP contribution < -0.4 is 19.7 Å². The van der Waals surface area contributed by atoms with Crippen LogP contribution in [0.1, 0.15) is 13.8 Å². The highest BCUT2D eigenvalue weighted by Gasteiger charge is 2.19. The molecule has 176 valence electrons. The lowest BCUT2D eigenvalue weighted by Gasteiger charge is -2.34. The lowest BCUT2D eigenvalue weighted by atomic mass is 10.2. The van der Waals surface area contributed by atoms with Gasteiger partial charge in [0.1, 0.15) is 11.3 Å². The van der Waals surface area contributed by atoms with Crippen LogP contribution in [0.5, 0.6) is 5.75 Å². The van der Waals surface area contributed by atoms with E-state index in [1.165, 1.54) is 17.5 Å². The smallest absolute Gasteiger partial charge is 0.227 e. The molecule has 0 saturated carbocycles. The highest BCUT2D eigenvalue weighted by atomic mass is 32.1. The number of fused-ring (bicyclic) bond motifs is 1. The third-order valence-corrected chi connectivity index (χ3v) is 6.76. The van der Waals surface area contributed by atoms with Crippen LogP contribution in [0.3, 0.4) is 0 Å². The van der Waals surface area contributed by atoms with E-state index in [4.69, 9.17) is 9.72 Å². The summed E-state index contributed by atoms with van der Waals surface area (Å²) in [6.45, 7) is 8.10. The molecule has 0 spiro atoms. The van der Waals surface area contributed by atoms with Gasteiger partial charge in [-0.2, -0.15) is 4.73 Å². The van der Waals surface area contributed by atoms with Crippen molar-refractivity contribution in [3.8, 4) is 17.0 Å². The van der Waals surface area contributed by atoms with Crippen molar-refractivity contribution in [1.29, 1.82) is 0 Å². The van der Waals surface area contributed by atoms with Gasteiger partial charge in [0.25, 0.3) is 0 Å². The highest BCUT2D eigenvalue weighted by molar-refractivity contribution is 7.17. The molecule has 0 aliphatic carbocycles. The second kappa shape index (κ2) is 9.44. The summed E-state index contributed by atoms with van der Waals surface area (Å²) in [5, 5.41) is 17.6. The van der Waals surface area contributed by atoms with E-state index in [1.807, 2.05) is 31.4 Å². The summed E-state index contributed by atoms with van der Waals surface area (Å²) in [5.41, 5.74) is 4.07. The first kappa shape index (κ1) is 22.4. The number of rotatable bonds is 6. The maximum Gasteiger partial charge on any atom is 0.227 e. The molecule has 9 heteroatoms. The Bertz CT molecular complexity index is 1300. The van der Waals surface area contributed by atoms with Crippen molar-refractivity contribution in [2.45, 2.75) is 20.0 Å². The van der Waals surface area contributed by atoms with Gasteiger partial charge >= 0.3 is 0 Å². The van der Waals surface area contributed by atoms with Crippen molar-refractivity contribution in [3.05, 3.63) is 59.4 Å². The molecule has 1 aromatic carbocycles. The molecule has 0 radical (unpaired) electrons. The minimum Gasteiger partial charge on any atom is -0.618 e. The number of benzene rings is 1. The summed E-state index contributed by atoms with van der Waals surface area (Å²) < 4.78 is 7.94. The standard InChI is InChI=1S/C25H28N6O2S/c1-17(2)33-22-14-18(30-12-10-29(3)11-13-30)7-8-20(22)27-25-26-15-23-24(28-25)19(16-34-23)21-6-4-5-9-31(21)32/h4-9,14-17H,10-13H2,1-3H3,(H,26,27,28). The Morgan fingerprint density at radius 1 is 1.15 bits per heavy atom. The largest absolute Gasteiger partial charge is 0.618 e. The van der Waals surface area contributed by atoms with Crippen LogP contribution in [-0.2, 0) is 0 Å². The van der Waals surface area contributed by atoms with Gasteiger partial charge in [0, 0.05) is 55.4 Å². The average Bonchev–Trinajstić information content (AvgIpc) is 3.24. The lowest BCUT2D eigenvalue weighted by molar-refractivity contribution is -0.593. The Labute approximate surface area is 203 Å². The fourth-order valence-electron chi connectivity index (χ4n) is 4.05. The van der Waals surface area contributed by atoms with E-state index >= 15 is 0 Å². The van der Waals surface area contributed by atoms with E-state index in [-0.39, 0.29) is 6.10 Å². The molecule has 1 N–H and O–H groups in total. The van der Waals surface area contributed by atoms with Gasteiger partial charge in [0.15, 0.2) is 6.20 Å². The van der Waals surface area contributed by atoms with Crippen molar-refractivity contribution in [3.63, 3.8) is 0 Å². The Morgan fingerprint density at radius 3 is 2.74 bits per heavy atom. The number of hydrogen-bond donors (Lipinski definition) is 1. The number of hydrogen-bond acceptors (Lipinski definition) is 8. The van der Waals surface area contributed by atoms with Crippen LogP contribution in [0.2, 0.25) is 0 Å². The number of ether oxygens (including phenoxy) is 1. The molecule has 1 aliphatic rings. The van der Waals surface area contributed by atoms with E-state index in [9.17, 15) is 5.21 Å². The van der Waals surface area contributed by atoms with Gasteiger partial charge < -0.3 is 25.1 Å². The molecule has 4 aromatic rings. The topological polar surface area (TPSA) is 80.5 Å². The number of nitrogens with one attached hydrogen (secondary N) is 1. The second-order valence-corrected chi connectivity index (χ2v) is 9.64. The van der Waals surface area contributed by atoms with Gasteiger partial charge in [-0.25, -0.2) is 9.97 Å². The third kappa shape index (κ3) is 4.62. The number of pyridine rings is 1. The molecule has 4 heterocycles. The summed E-state index contributed by atoms with van der Waals surface area (Å²) in [7, 11) is 2.15. The molecule has 0 atom stereocenters. The number of likely N-dealkylation sites (N-methyl/N-ethyl adjacent to an activating group) is 1. The molecule has 34 heavy (non-hydrogen) atoms. The number of aromatic nitrogens is 3. The van der Waals surface area contributed by atoms with E-state index < -0.39 is 0 Å². The van der Waals surface area contributed by atoms with Crippen molar-refractivity contribution in [1.82, 2.24) is 14.9 Å². The minimum absolute atomic E-state index is 0.0285. The second-order valence-electron chi connectivity index (χ2n) is 8.73. The fraction of sp³-hybridized carbons (Fsp3) is 0.320. The maximum atomic E-state index is 12.3. The van der Waals surface area contributed by atoms with E-state index in [0.717, 1.165) is 63.8 Å². The van der Waals surface area contributed by atoms with Crippen LogP contribution in [0.25, 0.3) is 21.5 Å². The van der Waals surface area contributed by atoms with Gasteiger partial charge in [0.2, 0.25) is 11.6 Å². The van der Waals surface area contributed by atoms with Gasteiger partial charge in [0.05, 0.1) is 28.3 Å². The summed E-state index contributed by atoms with van der Waals surface area (Å²) in [4.78, 5) is 14.0. The molecule has 5 rings (SSSR count). The first-order valence-corrected chi connectivity index (χ1v) is 12.3. The van der Waals surface area contributed by atoms with Gasteiger partial charge in [-0.15, -0.1) is 11.3 Å². The van der Waals surface area contributed by atoms with Crippen molar-refractivity contribution in [2.75, 3.05) is 43.4 Å². The number of anilines is 3. The zero-order valence-electron chi connectivity index (χ0n) is 19.6. The number of thiophene rings is 1. The maximum absolute atomic E-state index is 12.3. The van der Waals surface area contributed by atoms with Gasteiger partial charge in [-0.05, 0) is 39.1 Å². The molecule has 0 unspecified atom stereocenters. The summed E-state index contributed by atoms with van der Waals surface area (Å²) >= 11 is 1.52. The highest BCUT2D eigenvalue weighted by Crippen LogP contribution is 2.35. The van der Waals surface area contributed by atoms with Crippen LogP contribution >= 0.6 is 11.3 Å². The van der Waals surface area contributed by atoms with Crippen molar-refractivity contribution in [2.24, 2.45) is 0 Å². The molecular weight excluding hydrogens is 448 g/mol. The van der Waals surface area contributed by atoms with E-state index in [0.29, 0.717) is 11.6 Å². The quantitative estimate of drug-likeness (QED) is 0.329. The summed E-state index contributed by atoms with van der Waals surface area (Å²) in [6, 6.07) is 11.6. The number of nitrogens with zero attached hydrogens (tertiary/aromatic N) is 5. The average molecular weight is 477 g/mol. The molecule has 0 bridgehead atoms. The monoisotopic (exact) mass is 476 g/mol. The van der Waals surface area contributed by atoms with Gasteiger partial charge in [-0.1, -0.05) is 0 Å².